The lowest BCUT2D eigenvalue weighted by atomic mass is 10.1. The monoisotopic (exact) mass is 264 g/mol. The predicted molar refractivity (Wildman–Crippen MR) is 51.5 cm³/mol. The molecule has 0 unspecified atom stereocenters. The van der Waals surface area contributed by atoms with Gasteiger partial charge in [0.15, 0.2) is 5.69 Å². The Morgan fingerprint density at radius 3 is 2.67 bits per heavy atom. The minimum Gasteiger partial charge on any atom is -0.469 e. The number of hydrogen-bond acceptors (Lipinski definition) is 5. The molecule has 0 saturated heterocycles. The number of carbonyl (C=O) groups is 1. The van der Waals surface area contributed by atoms with Gasteiger partial charge in [-0.3, -0.25) is 14.9 Å². The van der Waals surface area contributed by atoms with Crippen molar-refractivity contribution in [2.75, 3.05) is 7.11 Å². The van der Waals surface area contributed by atoms with Crippen LogP contribution in [0.4, 0.5) is 18.9 Å². The normalized spacial score (nSPS) is 10.5. The molecule has 1 heterocycles. The van der Waals surface area contributed by atoms with Crippen LogP contribution < -0.4 is 0 Å². The largest absolute Gasteiger partial charge is 0.469 e. The molecule has 0 fully saturated rings. The first-order valence-electron chi connectivity index (χ1n) is 4.55. The standard InChI is InChI=1S/C9H7F3N2O4/c1-18-6(15)3-4-2-5(14(16)17)7(8(10)11)13-9(4)12/h2,8H,3H2,1H3. The average molecular weight is 264 g/mol. The van der Waals surface area contributed by atoms with E-state index in [2.05, 4.69) is 9.72 Å². The molecule has 0 aliphatic carbocycles. The van der Waals surface area contributed by atoms with Gasteiger partial charge in [-0.05, 0) is 0 Å². The van der Waals surface area contributed by atoms with Crippen molar-refractivity contribution < 1.29 is 27.6 Å². The fourth-order valence-corrected chi connectivity index (χ4v) is 1.19. The molecule has 0 bridgehead atoms. The Labute approximate surface area is 98.5 Å². The van der Waals surface area contributed by atoms with Gasteiger partial charge in [0.1, 0.15) is 0 Å². The Balaban J connectivity index is 3.27. The molecule has 1 rings (SSSR count). The molecular formula is C9H7F3N2O4. The molecule has 1 aromatic heterocycles. The Morgan fingerprint density at radius 2 is 2.22 bits per heavy atom. The van der Waals surface area contributed by atoms with Crippen molar-refractivity contribution in [3.63, 3.8) is 0 Å². The predicted octanol–water partition coefficient (Wildman–Crippen LogP) is 1.78. The van der Waals surface area contributed by atoms with Gasteiger partial charge in [0.05, 0.1) is 18.5 Å². The molecule has 0 N–H and O–H groups in total. The lowest BCUT2D eigenvalue weighted by Crippen LogP contribution is -2.10. The van der Waals surface area contributed by atoms with E-state index in [-0.39, 0.29) is 0 Å². The third-order valence-electron chi connectivity index (χ3n) is 2.02. The number of nitro groups is 1. The van der Waals surface area contributed by atoms with Crippen molar-refractivity contribution in [1.29, 1.82) is 0 Å². The van der Waals surface area contributed by atoms with E-state index in [0.29, 0.717) is 6.07 Å². The molecule has 0 aromatic carbocycles. The van der Waals surface area contributed by atoms with Gasteiger partial charge in [-0.15, -0.1) is 0 Å². The number of rotatable bonds is 4. The molecule has 1 aromatic rings. The highest BCUT2D eigenvalue weighted by Crippen LogP contribution is 2.28. The van der Waals surface area contributed by atoms with E-state index in [1.807, 2.05) is 0 Å². The zero-order valence-electron chi connectivity index (χ0n) is 9.02. The van der Waals surface area contributed by atoms with Crippen LogP contribution in [0, 0.1) is 16.1 Å². The van der Waals surface area contributed by atoms with Crippen LogP contribution >= 0.6 is 0 Å². The van der Waals surface area contributed by atoms with E-state index in [9.17, 15) is 28.1 Å². The SMILES string of the molecule is COC(=O)Cc1cc([N+](=O)[O-])c(C(F)F)nc1F. The molecule has 0 radical (unpaired) electrons. The van der Waals surface area contributed by atoms with Crippen molar-refractivity contribution >= 4 is 11.7 Å². The first kappa shape index (κ1) is 13.9. The Kier molecular flexibility index (Phi) is 4.18. The number of alkyl halides is 2. The third kappa shape index (κ3) is 2.93. The highest BCUT2D eigenvalue weighted by Gasteiger charge is 2.27. The second kappa shape index (κ2) is 5.43. The zero-order chi connectivity index (χ0) is 13.9. The molecule has 0 saturated carbocycles. The third-order valence-corrected chi connectivity index (χ3v) is 2.02. The maximum Gasteiger partial charge on any atom is 0.310 e. The molecule has 9 heteroatoms. The summed E-state index contributed by atoms with van der Waals surface area (Å²) in [7, 11) is 1.04. The number of carbonyl (C=O) groups excluding carboxylic acids is 1. The van der Waals surface area contributed by atoms with Crippen LogP contribution in [0.2, 0.25) is 0 Å². The smallest absolute Gasteiger partial charge is 0.310 e. The topological polar surface area (TPSA) is 82.3 Å². The summed E-state index contributed by atoms with van der Waals surface area (Å²) in [5, 5.41) is 10.5. The molecule has 0 aliphatic heterocycles. The van der Waals surface area contributed by atoms with Gasteiger partial charge in [-0.25, -0.2) is 13.8 Å². The fraction of sp³-hybridized carbons (Fsp3) is 0.333. The Hall–Kier alpha value is -2.19. The number of aromatic nitrogens is 1. The van der Waals surface area contributed by atoms with Crippen LogP contribution in [-0.2, 0) is 16.0 Å². The second-order valence-electron chi connectivity index (χ2n) is 3.15. The molecule has 6 nitrogen and oxygen atoms in total. The number of hydrogen-bond donors (Lipinski definition) is 0. The number of nitrogens with zero attached hydrogens (tertiary/aromatic N) is 2. The summed E-state index contributed by atoms with van der Waals surface area (Å²) >= 11 is 0. The van der Waals surface area contributed by atoms with Crippen molar-refractivity contribution in [3.05, 3.63) is 33.4 Å². The minimum atomic E-state index is -3.29. The fourth-order valence-electron chi connectivity index (χ4n) is 1.19. The van der Waals surface area contributed by atoms with Crippen LogP contribution in [0.15, 0.2) is 6.07 Å². The van der Waals surface area contributed by atoms with Gasteiger partial charge in [0, 0.05) is 11.6 Å². The van der Waals surface area contributed by atoms with Gasteiger partial charge >= 0.3 is 5.97 Å². The molecule has 0 atom stereocenters. The van der Waals surface area contributed by atoms with Crippen molar-refractivity contribution in [1.82, 2.24) is 4.98 Å². The highest BCUT2D eigenvalue weighted by molar-refractivity contribution is 5.72. The lowest BCUT2D eigenvalue weighted by molar-refractivity contribution is -0.386. The van der Waals surface area contributed by atoms with E-state index >= 15 is 0 Å². The van der Waals surface area contributed by atoms with Crippen LogP contribution in [0.25, 0.3) is 0 Å². The van der Waals surface area contributed by atoms with Crippen molar-refractivity contribution in [2.45, 2.75) is 12.8 Å². The van der Waals surface area contributed by atoms with E-state index in [1.54, 1.807) is 0 Å². The van der Waals surface area contributed by atoms with E-state index < -0.39 is 46.6 Å². The van der Waals surface area contributed by atoms with E-state index in [0.717, 1.165) is 7.11 Å². The first-order valence-corrected chi connectivity index (χ1v) is 4.55. The molecule has 0 amide bonds. The quantitative estimate of drug-likeness (QED) is 0.358. The van der Waals surface area contributed by atoms with Crippen LogP contribution in [0.3, 0.4) is 0 Å². The van der Waals surface area contributed by atoms with Crippen molar-refractivity contribution in [2.24, 2.45) is 0 Å². The number of ether oxygens (including phenoxy) is 1. The van der Waals surface area contributed by atoms with Gasteiger partial charge in [-0.2, -0.15) is 4.39 Å². The van der Waals surface area contributed by atoms with Gasteiger partial charge < -0.3 is 4.74 Å². The summed E-state index contributed by atoms with van der Waals surface area (Å²) in [5.41, 5.74) is -2.78. The van der Waals surface area contributed by atoms with Crippen LogP contribution in [-0.4, -0.2) is 23.0 Å². The van der Waals surface area contributed by atoms with Gasteiger partial charge in [-0.1, -0.05) is 0 Å². The summed E-state index contributed by atoms with van der Waals surface area (Å²) < 4.78 is 42.3. The van der Waals surface area contributed by atoms with Gasteiger partial charge in [0.25, 0.3) is 12.1 Å². The van der Waals surface area contributed by atoms with E-state index in [1.165, 1.54) is 0 Å². The summed E-state index contributed by atoms with van der Waals surface area (Å²) in [5.74, 6) is -2.23. The van der Waals surface area contributed by atoms with Crippen LogP contribution in [0.1, 0.15) is 17.7 Å². The zero-order valence-corrected chi connectivity index (χ0v) is 9.02. The van der Waals surface area contributed by atoms with Crippen molar-refractivity contribution in [3.8, 4) is 0 Å². The maximum absolute atomic E-state index is 13.3. The number of methoxy groups -OCH3 is 1. The summed E-state index contributed by atoms with van der Waals surface area (Å²) in [4.78, 5) is 23.1. The molecular weight excluding hydrogens is 257 g/mol. The Bertz CT molecular complexity index is 493. The number of halogens is 3. The number of pyridine rings is 1. The summed E-state index contributed by atoms with van der Waals surface area (Å²) in [6, 6.07) is 0.556. The lowest BCUT2D eigenvalue weighted by Gasteiger charge is -2.05. The average Bonchev–Trinajstić information content (AvgIpc) is 2.30. The molecule has 18 heavy (non-hydrogen) atoms. The summed E-state index contributed by atoms with van der Waals surface area (Å²) in [6.45, 7) is 0. The highest BCUT2D eigenvalue weighted by atomic mass is 19.3. The Morgan fingerprint density at radius 1 is 1.61 bits per heavy atom. The summed E-state index contributed by atoms with van der Waals surface area (Å²) in [6.07, 6.45) is -3.91. The maximum atomic E-state index is 13.3. The number of esters is 1. The molecule has 0 spiro atoms. The van der Waals surface area contributed by atoms with Crippen LogP contribution in [0.5, 0.6) is 0 Å². The first-order chi connectivity index (χ1) is 8.36. The molecule has 0 aliphatic rings. The van der Waals surface area contributed by atoms with Gasteiger partial charge in [0.2, 0.25) is 5.95 Å². The molecule has 98 valence electrons. The van der Waals surface area contributed by atoms with E-state index in [4.69, 9.17) is 0 Å². The minimum absolute atomic E-state index is 0.474. The second-order valence-corrected chi connectivity index (χ2v) is 3.15.